The molecule has 0 unspecified atom stereocenters. The predicted molar refractivity (Wildman–Crippen MR) is 87.6 cm³/mol. The van der Waals surface area contributed by atoms with E-state index < -0.39 is 0 Å². The Morgan fingerprint density at radius 3 is 2.57 bits per heavy atom. The first-order valence-corrected chi connectivity index (χ1v) is 7.91. The Morgan fingerprint density at radius 2 is 1.91 bits per heavy atom. The van der Waals surface area contributed by atoms with Gasteiger partial charge in [-0.2, -0.15) is 0 Å². The van der Waals surface area contributed by atoms with Crippen LogP contribution >= 0.6 is 0 Å². The van der Waals surface area contributed by atoms with Crippen LogP contribution in [-0.4, -0.2) is 61.3 Å². The van der Waals surface area contributed by atoms with Crippen molar-refractivity contribution in [2.45, 2.75) is 19.8 Å². The van der Waals surface area contributed by atoms with Gasteiger partial charge in [0.25, 0.3) is 17.7 Å². The van der Waals surface area contributed by atoms with Gasteiger partial charge in [0.2, 0.25) is 0 Å². The summed E-state index contributed by atoms with van der Waals surface area (Å²) in [5.41, 5.74) is 1.15. The maximum Gasteiger partial charge on any atom is 0.261 e. The monoisotopic (exact) mass is 317 g/mol. The van der Waals surface area contributed by atoms with Gasteiger partial charge in [-0.1, -0.05) is 13.3 Å². The molecule has 0 spiro atoms. The maximum absolute atomic E-state index is 12.4. The largest absolute Gasteiger partial charge is 0.340 e. The minimum absolute atomic E-state index is 0.157. The lowest BCUT2D eigenvalue weighted by molar-refractivity contribution is 0.0652. The number of unbranched alkanes of at least 4 members (excludes halogenated alkanes) is 1. The number of carbonyl (C=O) groups excluding carboxylic acids is 3. The number of hydrogen-bond donors (Lipinski definition) is 1. The van der Waals surface area contributed by atoms with E-state index in [1.165, 1.54) is 4.90 Å². The molecule has 1 aromatic rings. The highest BCUT2D eigenvalue weighted by atomic mass is 16.2. The first-order chi connectivity index (χ1) is 11.0. The second-order valence-corrected chi connectivity index (χ2v) is 5.71. The molecule has 0 fully saturated rings. The Bertz CT molecular complexity index is 628. The quantitative estimate of drug-likeness (QED) is 0.771. The first kappa shape index (κ1) is 17.1. The maximum atomic E-state index is 12.4. The number of rotatable bonds is 7. The third-order valence-electron chi connectivity index (χ3n) is 4.00. The zero-order valence-electron chi connectivity index (χ0n) is 13.9. The van der Waals surface area contributed by atoms with E-state index in [2.05, 4.69) is 5.32 Å². The van der Waals surface area contributed by atoms with Gasteiger partial charge in [-0.05, 0) is 31.7 Å². The Hall–Kier alpha value is -2.21. The Kier molecular flexibility index (Phi) is 5.50. The molecule has 0 bridgehead atoms. The summed E-state index contributed by atoms with van der Waals surface area (Å²) >= 11 is 0. The molecule has 0 saturated heterocycles. The summed E-state index contributed by atoms with van der Waals surface area (Å²) in [5.74, 6) is -0.720. The van der Waals surface area contributed by atoms with Crippen molar-refractivity contribution in [3.63, 3.8) is 0 Å². The molecular weight excluding hydrogens is 294 g/mol. The number of amides is 3. The lowest BCUT2D eigenvalue weighted by atomic mass is 10.0. The van der Waals surface area contributed by atoms with Crippen molar-refractivity contribution in [1.29, 1.82) is 0 Å². The molecule has 0 saturated carbocycles. The molecular formula is C17H23N3O3. The predicted octanol–water partition coefficient (Wildman–Crippen LogP) is 1.37. The van der Waals surface area contributed by atoms with Crippen LogP contribution in [0.1, 0.15) is 50.8 Å². The van der Waals surface area contributed by atoms with Crippen molar-refractivity contribution < 1.29 is 14.4 Å². The topological polar surface area (TPSA) is 69.7 Å². The average molecular weight is 317 g/mol. The molecule has 0 radical (unpaired) electrons. The molecule has 23 heavy (non-hydrogen) atoms. The van der Waals surface area contributed by atoms with E-state index in [0.717, 1.165) is 12.8 Å². The summed E-state index contributed by atoms with van der Waals surface area (Å²) in [5, 5.41) is 2.99. The number of hydrogen-bond acceptors (Lipinski definition) is 4. The lowest BCUT2D eigenvalue weighted by Gasteiger charge is -2.17. The Morgan fingerprint density at radius 1 is 1.22 bits per heavy atom. The van der Waals surface area contributed by atoms with Gasteiger partial charge >= 0.3 is 0 Å². The Balaban J connectivity index is 2.21. The van der Waals surface area contributed by atoms with Gasteiger partial charge in [-0.25, -0.2) is 0 Å². The third-order valence-corrected chi connectivity index (χ3v) is 4.00. The van der Waals surface area contributed by atoms with E-state index >= 15 is 0 Å². The second kappa shape index (κ2) is 7.37. The van der Waals surface area contributed by atoms with Gasteiger partial charge in [0.15, 0.2) is 0 Å². The molecule has 0 aromatic heterocycles. The van der Waals surface area contributed by atoms with E-state index in [4.69, 9.17) is 0 Å². The summed E-state index contributed by atoms with van der Waals surface area (Å²) in [6, 6.07) is 4.74. The van der Waals surface area contributed by atoms with Crippen molar-refractivity contribution in [2.24, 2.45) is 0 Å². The fourth-order valence-electron chi connectivity index (χ4n) is 2.54. The number of nitrogens with zero attached hydrogens (tertiary/aromatic N) is 2. The van der Waals surface area contributed by atoms with Crippen LogP contribution in [0.15, 0.2) is 18.2 Å². The second-order valence-electron chi connectivity index (χ2n) is 5.71. The van der Waals surface area contributed by atoms with Gasteiger partial charge < -0.3 is 10.2 Å². The molecule has 1 N–H and O–H groups in total. The zero-order chi connectivity index (χ0) is 17.0. The minimum Gasteiger partial charge on any atom is -0.340 e. The van der Waals surface area contributed by atoms with E-state index in [9.17, 15) is 14.4 Å². The molecule has 3 amide bonds. The molecule has 0 aliphatic carbocycles. The van der Waals surface area contributed by atoms with Crippen LogP contribution < -0.4 is 5.32 Å². The minimum atomic E-state index is -0.300. The van der Waals surface area contributed by atoms with E-state index in [0.29, 0.717) is 36.3 Å². The van der Waals surface area contributed by atoms with E-state index in [1.807, 2.05) is 14.0 Å². The summed E-state index contributed by atoms with van der Waals surface area (Å²) in [7, 11) is 3.54. The van der Waals surface area contributed by atoms with Crippen molar-refractivity contribution in [2.75, 3.05) is 33.7 Å². The zero-order valence-corrected chi connectivity index (χ0v) is 13.9. The summed E-state index contributed by atoms with van der Waals surface area (Å²) in [4.78, 5) is 39.9. The normalized spacial score (nSPS) is 13.4. The van der Waals surface area contributed by atoms with Gasteiger partial charge in [0.05, 0.1) is 11.1 Å². The summed E-state index contributed by atoms with van der Waals surface area (Å²) in [6.45, 7) is 3.70. The number of benzene rings is 1. The fourth-order valence-corrected chi connectivity index (χ4v) is 2.54. The number of imide groups is 1. The lowest BCUT2D eigenvalue weighted by Crippen LogP contribution is -2.32. The molecule has 0 atom stereocenters. The first-order valence-electron chi connectivity index (χ1n) is 7.91. The highest BCUT2D eigenvalue weighted by Gasteiger charge is 2.35. The van der Waals surface area contributed by atoms with Crippen LogP contribution in [-0.2, 0) is 0 Å². The van der Waals surface area contributed by atoms with Gasteiger partial charge in [-0.3, -0.25) is 19.3 Å². The van der Waals surface area contributed by atoms with Crippen molar-refractivity contribution in [1.82, 2.24) is 15.1 Å². The van der Waals surface area contributed by atoms with Crippen LogP contribution in [0.5, 0.6) is 0 Å². The molecule has 1 aliphatic rings. The van der Waals surface area contributed by atoms with Crippen LogP contribution in [0.3, 0.4) is 0 Å². The van der Waals surface area contributed by atoms with Gasteiger partial charge in [0.1, 0.15) is 0 Å². The average Bonchev–Trinajstić information content (AvgIpc) is 2.80. The molecule has 1 heterocycles. The number of fused-ring (bicyclic) bond motifs is 1. The standard InChI is InChI=1S/C17H23N3O3/c1-4-5-9-20-16(22)13-7-6-12(11-14(13)17(20)23)15(21)19(3)10-8-18-2/h6-7,11,18H,4-5,8-10H2,1-3H3. The van der Waals surface area contributed by atoms with E-state index in [-0.39, 0.29) is 17.7 Å². The molecule has 1 aromatic carbocycles. The van der Waals surface area contributed by atoms with Crippen LogP contribution in [0, 0.1) is 0 Å². The fraction of sp³-hybridized carbons (Fsp3) is 0.471. The van der Waals surface area contributed by atoms with Gasteiger partial charge in [-0.15, -0.1) is 0 Å². The van der Waals surface area contributed by atoms with Crippen LogP contribution in [0.2, 0.25) is 0 Å². The van der Waals surface area contributed by atoms with Crippen molar-refractivity contribution >= 4 is 17.7 Å². The van der Waals surface area contributed by atoms with Gasteiger partial charge in [0, 0.05) is 32.2 Å². The number of nitrogens with one attached hydrogen (secondary N) is 1. The van der Waals surface area contributed by atoms with Crippen molar-refractivity contribution in [3.8, 4) is 0 Å². The molecule has 1 aliphatic heterocycles. The summed E-state index contributed by atoms with van der Waals surface area (Å²) < 4.78 is 0. The molecule has 6 nitrogen and oxygen atoms in total. The van der Waals surface area contributed by atoms with Crippen LogP contribution in [0.25, 0.3) is 0 Å². The third kappa shape index (κ3) is 3.42. The molecule has 6 heteroatoms. The molecule has 124 valence electrons. The SMILES string of the molecule is CCCCN1C(=O)c2ccc(C(=O)N(C)CCNC)cc2C1=O. The van der Waals surface area contributed by atoms with Crippen LogP contribution in [0.4, 0.5) is 0 Å². The highest BCUT2D eigenvalue weighted by molar-refractivity contribution is 6.22. The van der Waals surface area contributed by atoms with E-state index in [1.54, 1.807) is 30.1 Å². The molecule has 2 rings (SSSR count). The Labute approximate surface area is 136 Å². The highest BCUT2D eigenvalue weighted by Crippen LogP contribution is 2.24. The number of carbonyl (C=O) groups is 3. The number of likely N-dealkylation sites (N-methyl/N-ethyl adjacent to an activating group) is 2. The smallest absolute Gasteiger partial charge is 0.261 e. The summed E-state index contributed by atoms with van der Waals surface area (Å²) in [6.07, 6.45) is 1.69. The van der Waals surface area contributed by atoms with Crippen molar-refractivity contribution in [3.05, 3.63) is 34.9 Å².